The van der Waals surface area contributed by atoms with Crippen molar-refractivity contribution in [2.75, 3.05) is 18.0 Å². The van der Waals surface area contributed by atoms with Crippen LogP contribution < -0.4 is 9.62 Å². The Balaban J connectivity index is 2.03. The van der Waals surface area contributed by atoms with Crippen molar-refractivity contribution >= 4 is 27.4 Å². The minimum absolute atomic E-state index is 0.0706. The fourth-order valence-electron chi connectivity index (χ4n) is 2.89. The maximum Gasteiger partial charge on any atom is 0.264 e. The SMILES string of the molecule is CCC(=O)C1CCN(c2ccc(S(=O)(=O)NC(=O)C(C)C)cc2)CC1. The topological polar surface area (TPSA) is 83.6 Å². The predicted octanol–water partition coefficient (Wildman–Crippen LogP) is 2.34. The van der Waals surface area contributed by atoms with Crippen LogP contribution in [0.1, 0.15) is 40.0 Å². The molecule has 0 bridgehead atoms. The van der Waals surface area contributed by atoms with Crippen LogP contribution in [0.4, 0.5) is 5.69 Å². The minimum atomic E-state index is -3.84. The quantitative estimate of drug-likeness (QED) is 0.835. The molecule has 0 saturated carbocycles. The Labute approximate surface area is 149 Å². The van der Waals surface area contributed by atoms with Gasteiger partial charge in [-0.3, -0.25) is 9.59 Å². The summed E-state index contributed by atoms with van der Waals surface area (Å²) in [4.78, 5) is 25.6. The summed E-state index contributed by atoms with van der Waals surface area (Å²) in [5.74, 6) is -0.456. The lowest BCUT2D eigenvalue weighted by Crippen LogP contribution is -2.36. The molecule has 0 atom stereocenters. The van der Waals surface area contributed by atoms with Gasteiger partial charge in [-0.1, -0.05) is 20.8 Å². The van der Waals surface area contributed by atoms with Gasteiger partial charge in [0, 0.05) is 37.0 Å². The molecule has 6 nitrogen and oxygen atoms in total. The molecule has 0 radical (unpaired) electrons. The fraction of sp³-hybridized carbons (Fsp3) is 0.556. The summed E-state index contributed by atoms with van der Waals surface area (Å²) in [6, 6.07) is 6.51. The number of Topliss-reactive ketones (excluding diaryl/α,β-unsaturated/α-hetero) is 1. The largest absolute Gasteiger partial charge is 0.371 e. The van der Waals surface area contributed by atoms with Gasteiger partial charge in [-0.05, 0) is 37.1 Å². The molecule has 1 N–H and O–H groups in total. The smallest absolute Gasteiger partial charge is 0.264 e. The van der Waals surface area contributed by atoms with Crippen molar-refractivity contribution in [2.24, 2.45) is 11.8 Å². The number of carbonyl (C=O) groups excluding carboxylic acids is 2. The minimum Gasteiger partial charge on any atom is -0.371 e. The number of amides is 1. The molecular formula is C18H26N2O4S. The van der Waals surface area contributed by atoms with Gasteiger partial charge in [0.05, 0.1) is 4.90 Å². The Morgan fingerprint density at radius 1 is 1.16 bits per heavy atom. The summed E-state index contributed by atoms with van der Waals surface area (Å²) in [6.45, 7) is 6.74. The highest BCUT2D eigenvalue weighted by molar-refractivity contribution is 7.90. The second kappa shape index (κ2) is 7.99. The zero-order chi connectivity index (χ0) is 18.6. The number of anilines is 1. The van der Waals surface area contributed by atoms with Gasteiger partial charge in [0.15, 0.2) is 0 Å². The predicted molar refractivity (Wildman–Crippen MR) is 96.8 cm³/mol. The number of hydrogen-bond donors (Lipinski definition) is 1. The van der Waals surface area contributed by atoms with Gasteiger partial charge < -0.3 is 4.90 Å². The zero-order valence-corrected chi connectivity index (χ0v) is 15.8. The van der Waals surface area contributed by atoms with Gasteiger partial charge in [0.1, 0.15) is 5.78 Å². The Morgan fingerprint density at radius 3 is 2.20 bits per heavy atom. The molecule has 1 saturated heterocycles. The number of benzene rings is 1. The van der Waals surface area contributed by atoms with E-state index in [4.69, 9.17) is 0 Å². The van der Waals surface area contributed by atoms with E-state index >= 15 is 0 Å². The van der Waals surface area contributed by atoms with Gasteiger partial charge in [-0.2, -0.15) is 0 Å². The lowest BCUT2D eigenvalue weighted by atomic mass is 9.91. The van der Waals surface area contributed by atoms with E-state index in [0.717, 1.165) is 31.6 Å². The third kappa shape index (κ3) is 4.81. The molecule has 7 heteroatoms. The zero-order valence-electron chi connectivity index (χ0n) is 15.0. The number of rotatable bonds is 6. The first-order valence-electron chi connectivity index (χ1n) is 8.69. The summed E-state index contributed by atoms with van der Waals surface area (Å²) < 4.78 is 26.5. The lowest BCUT2D eigenvalue weighted by Gasteiger charge is -2.33. The number of nitrogens with one attached hydrogen (secondary N) is 1. The highest BCUT2D eigenvalue weighted by atomic mass is 32.2. The van der Waals surface area contributed by atoms with E-state index in [0.29, 0.717) is 12.2 Å². The van der Waals surface area contributed by atoms with E-state index in [2.05, 4.69) is 9.62 Å². The van der Waals surface area contributed by atoms with Gasteiger partial charge in [0.25, 0.3) is 10.0 Å². The van der Waals surface area contributed by atoms with Crippen molar-refractivity contribution < 1.29 is 18.0 Å². The van der Waals surface area contributed by atoms with Crippen LogP contribution >= 0.6 is 0 Å². The maximum atomic E-state index is 12.2. The van der Waals surface area contributed by atoms with Crippen LogP contribution in [0.5, 0.6) is 0 Å². The Kier molecular flexibility index (Phi) is 6.21. The third-order valence-electron chi connectivity index (χ3n) is 4.57. The van der Waals surface area contributed by atoms with E-state index in [-0.39, 0.29) is 10.8 Å². The van der Waals surface area contributed by atoms with Crippen LogP contribution in [0.15, 0.2) is 29.2 Å². The van der Waals surface area contributed by atoms with Crippen molar-refractivity contribution in [1.82, 2.24) is 4.72 Å². The van der Waals surface area contributed by atoms with E-state index in [9.17, 15) is 18.0 Å². The number of hydrogen-bond acceptors (Lipinski definition) is 5. The van der Waals surface area contributed by atoms with Gasteiger partial charge in [-0.25, -0.2) is 13.1 Å². The molecule has 2 rings (SSSR count). The molecule has 138 valence electrons. The highest BCUT2D eigenvalue weighted by Crippen LogP contribution is 2.25. The summed E-state index contributed by atoms with van der Waals surface area (Å²) >= 11 is 0. The first-order chi connectivity index (χ1) is 11.7. The number of piperidine rings is 1. The number of ketones is 1. The van der Waals surface area contributed by atoms with Crippen molar-refractivity contribution in [1.29, 1.82) is 0 Å². The standard InChI is InChI=1S/C18H26N2O4S/c1-4-17(21)14-9-11-20(12-10-14)15-5-7-16(8-6-15)25(23,24)19-18(22)13(2)3/h5-8,13-14H,4,9-12H2,1-3H3,(H,19,22). The third-order valence-corrected chi connectivity index (χ3v) is 5.93. The average molecular weight is 366 g/mol. The first-order valence-corrected chi connectivity index (χ1v) is 10.2. The molecule has 1 aliphatic heterocycles. The average Bonchev–Trinajstić information content (AvgIpc) is 2.61. The van der Waals surface area contributed by atoms with Crippen molar-refractivity contribution in [3.05, 3.63) is 24.3 Å². The van der Waals surface area contributed by atoms with Gasteiger partial charge in [-0.15, -0.1) is 0 Å². The van der Waals surface area contributed by atoms with Crippen molar-refractivity contribution in [2.45, 2.75) is 44.9 Å². The van der Waals surface area contributed by atoms with Gasteiger partial charge >= 0.3 is 0 Å². The number of sulfonamides is 1. The Morgan fingerprint density at radius 2 is 1.72 bits per heavy atom. The normalized spacial score (nSPS) is 16.1. The summed E-state index contributed by atoms with van der Waals surface area (Å²) in [7, 11) is -3.84. The molecule has 1 aliphatic rings. The fourth-order valence-corrected chi connectivity index (χ4v) is 4.01. The molecule has 1 aromatic carbocycles. The molecule has 0 spiro atoms. The van der Waals surface area contributed by atoms with Crippen LogP contribution in [-0.4, -0.2) is 33.2 Å². The first kappa shape index (κ1) is 19.4. The molecule has 1 heterocycles. The van der Waals surface area contributed by atoms with Crippen molar-refractivity contribution in [3.63, 3.8) is 0 Å². The summed E-state index contributed by atoms with van der Waals surface area (Å²) in [6.07, 6.45) is 2.24. The molecule has 0 aromatic heterocycles. The van der Waals surface area contributed by atoms with Crippen molar-refractivity contribution in [3.8, 4) is 0 Å². The molecule has 1 amide bonds. The molecule has 1 fully saturated rings. The highest BCUT2D eigenvalue weighted by Gasteiger charge is 2.24. The summed E-state index contributed by atoms with van der Waals surface area (Å²) in [5.41, 5.74) is 0.927. The molecule has 0 unspecified atom stereocenters. The Bertz CT molecular complexity index is 718. The van der Waals surface area contributed by atoms with E-state index in [1.54, 1.807) is 26.0 Å². The summed E-state index contributed by atoms with van der Waals surface area (Å²) in [5, 5.41) is 0. The molecule has 1 aromatic rings. The molecule has 25 heavy (non-hydrogen) atoms. The van der Waals surface area contributed by atoms with Crippen LogP contribution in [0.25, 0.3) is 0 Å². The van der Waals surface area contributed by atoms with E-state index in [1.165, 1.54) is 12.1 Å². The monoisotopic (exact) mass is 366 g/mol. The van der Waals surface area contributed by atoms with Crippen LogP contribution in [-0.2, 0) is 19.6 Å². The maximum absolute atomic E-state index is 12.2. The van der Waals surface area contributed by atoms with E-state index in [1.807, 2.05) is 6.92 Å². The second-order valence-corrected chi connectivity index (χ2v) is 8.38. The van der Waals surface area contributed by atoms with Crippen LogP contribution in [0.3, 0.4) is 0 Å². The van der Waals surface area contributed by atoms with Crippen LogP contribution in [0, 0.1) is 11.8 Å². The molecular weight excluding hydrogens is 340 g/mol. The Hall–Kier alpha value is -1.89. The van der Waals surface area contributed by atoms with Crippen LogP contribution in [0.2, 0.25) is 0 Å². The number of carbonyl (C=O) groups is 2. The molecule has 0 aliphatic carbocycles. The van der Waals surface area contributed by atoms with E-state index < -0.39 is 21.8 Å². The second-order valence-electron chi connectivity index (χ2n) is 6.70. The lowest BCUT2D eigenvalue weighted by molar-refractivity contribution is -0.123. The van der Waals surface area contributed by atoms with Gasteiger partial charge in [0.2, 0.25) is 5.91 Å². The number of nitrogens with zero attached hydrogens (tertiary/aromatic N) is 1.